The number of unbranched alkanes of at least 4 members (excludes halogenated alkanes) is 9. The molecule has 2 heteroatoms. The van der Waals surface area contributed by atoms with Crippen LogP contribution in [0, 0.1) is 5.92 Å². The molecule has 0 aromatic heterocycles. The van der Waals surface area contributed by atoms with Crippen molar-refractivity contribution in [1.82, 2.24) is 0 Å². The molecule has 0 bridgehead atoms. The lowest BCUT2D eigenvalue weighted by atomic mass is 9.92. The number of rotatable bonds is 17. The van der Waals surface area contributed by atoms with Gasteiger partial charge in [0.1, 0.15) is 0 Å². The van der Waals surface area contributed by atoms with Gasteiger partial charge in [0.2, 0.25) is 0 Å². The molecule has 0 heterocycles. The Balaban J connectivity index is 3.40. The van der Waals surface area contributed by atoms with Crippen LogP contribution in [0.15, 0.2) is 12.2 Å². The summed E-state index contributed by atoms with van der Waals surface area (Å²) in [6.07, 6.45) is 18.7. The normalized spacial score (nSPS) is 12.1. The maximum absolute atomic E-state index is 11.2. The third-order valence-corrected chi connectivity index (χ3v) is 4.88. The second kappa shape index (κ2) is 17.0. The van der Waals surface area contributed by atoms with Crippen molar-refractivity contribution in [3.05, 3.63) is 12.2 Å². The minimum Gasteiger partial charge on any atom is -0.462 e. The Bertz CT molecular complexity index is 309. The molecule has 0 saturated heterocycles. The molecule has 0 saturated carbocycles. The fourth-order valence-electron chi connectivity index (χ4n) is 3.12. The first-order valence-corrected chi connectivity index (χ1v) is 10.4. The first-order valence-electron chi connectivity index (χ1n) is 10.4. The third kappa shape index (κ3) is 14.8. The van der Waals surface area contributed by atoms with Crippen LogP contribution in [0.1, 0.15) is 111 Å². The third-order valence-electron chi connectivity index (χ3n) is 4.88. The van der Waals surface area contributed by atoms with Crippen LogP contribution in [0.25, 0.3) is 0 Å². The van der Waals surface area contributed by atoms with E-state index in [0.29, 0.717) is 12.2 Å². The Morgan fingerprint density at radius 2 is 1.33 bits per heavy atom. The lowest BCUT2D eigenvalue weighted by Gasteiger charge is -2.14. The van der Waals surface area contributed by atoms with Gasteiger partial charge in [-0.2, -0.15) is 0 Å². The highest BCUT2D eigenvalue weighted by molar-refractivity contribution is 5.86. The number of esters is 1. The molecule has 24 heavy (non-hydrogen) atoms. The van der Waals surface area contributed by atoms with Gasteiger partial charge in [-0.3, -0.25) is 0 Å². The number of hydrogen-bond donors (Lipinski definition) is 0. The Morgan fingerprint density at radius 1 is 0.833 bits per heavy atom. The molecule has 0 aliphatic heterocycles. The average Bonchev–Trinajstić information content (AvgIpc) is 2.57. The fourth-order valence-corrected chi connectivity index (χ4v) is 3.12. The largest absolute Gasteiger partial charge is 0.462 e. The van der Waals surface area contributed by atoms with Crippen LogP contribution in [0.2, 0.25) is 0 Å². The Hall–Kier alpha value is -0.790. The fraction of sp³-hybridized carbons (Fsp3) is 0.864. The predicted octanol–water partition coefficient (Wildman–Crippen LogP) is 7.22. The molecule has 0 rings (SSSR count). The maximum Gasteiger partial charge on any atom is 0.333 e. The quantitative estimate of drug-likeness (QED) is 0.159. The van der Waals surface area contributed by atoms with E-state index in [4.69, 9.17) is 4.74 Å². The van der Waals surface area contributed by atoms with Gasteiger partial charge in [-0.1, -0.05) is 104 Å². The van der Waals surface area contributed by atoms with E-state index in [9.17, 15) is 4.79 Å². The van der Waals surface area contributed by atoms with Crippen molar-refractivity contribution in [3.63, 3.8) is 0 Å². The molecule has 0 radical (unpaired) electrons. The summed E-state index contributed by atoms with van der Waals surface area (Å²) < 4.78 is 5.11. The Labute approximate surface area is 151 Å². The molecule has 0 aliphatic rings. The van der Waals surface area contributed by atoms with Crippen molar-refractivity contribution < 1.29 is 9.53 Å². The number of carbonyl (C=O) groups excluding carboxylic acids is 1. The van der Waals surface area contributed by atoms with Gasteiger partial charge in [-0.05, 0) is 19.3 Å². The van der Waals surface area contributed by atoms with Crippen LogP contribution in [-0.2, 0) is 9.53 Å². The van der Waals surface area contributed by atoms with E-state index in [1.807, 2.05) is 0 Å². The van der Waals surface area contributed by atoms with E-state index >= 15 is 0 Å². The maximum atomic E-state index is 11.2. The van der Waals surface area contributed by atoms with Gasteiger partial charge in [0, 0.05) is 5.57 Å². The van der Waals surface area contributed by atoms with E-state index in [-0.39, 0.29) is 5.97 Å². The Kier molecular flexibility index (Phi) is 16.5. The summed E-state index contributed by atoms with van der Waals surface area (Å²) in [6.45, 7) is 10.4. The van der Waals surface area contributed by atoms with Gasteiger partial charge >= 0.3 is 5.97 Å². The second-order valence-electron chi connectivity index (χ2n) is 7.30. The highest BCUT2D eigenvalue weighted by atomic mass is 16.5. The number of ether oxygens (including phenoxy) is 1. The second-order valence-corrected chi connectivity index (χ2v) is 7.30. The van der Waals surface area contributed by atoms with Gasteiger partial charge < -0.3 is 4.74 Å². The van der Waals surface area contributed by atoms with E-state index in [0.717, 1.165) is 18.8 Å². The van der Waals surface area contributed by atoms with Crippen molar-refractivity contribution in [2.45, 2.75) is 111 Å². The van der Waals surface area contributed by atoms with Crippen LogP contribution in [0.3, 0.4) is 0 Å². The summed E-state index contributed by atoms with van der Waals surface area (Å²) in [5.41, 5.74) is 0.492. The van der Waals surface area contributed by atoms with Crippen molar-refractivity contribution in [2.75, 3.05) is 6.61 Å². The zero-order chi connectivity index (χ0) is 18.0. The lowest BCUT2D eigenvalue weighted by molar-refractivity contribution is -0.139. The molecule has 0 fully saturated rings. The molecule has 0 amide bonds. The monoisotopic (exact) mass is 338 g/mol. The topological polar surface area (TPSA) is 26.3 Å². The smallest absolute Gasteiger partial charge is 0.333 e. The zero-order valence-electron chi connectivity index (χ0n) is 16.7. The zero-order valence-corrected chi connectivity index (χ0v) is 16.7. The van der Waals surface area contributed by atoms with Crippen LogP contribution in [0.5, 0.6) is 0 Å². The minimum atomic E-state index is -0.254. The molecule has 0 aromatic rings. The molecule has 0 aromatic carbocycles. The van der Waals surface area contributed by atoms with Crippen LogP contribution in [-0.4, -0.2) is 12.6 Å². The van der Waals surface area contributed by atoms with E-state index in [1.165, 1.54) is 77.0 Å². The minimum absolute atomic E-state index is 0.254. The molecule has 0 spiro atoms. The SMILES string of the molecule is C=C(C)C(=O)OCCCCCCCC(CC)CCCCCCCC. The predicted molar refractivity (Wildman–Crippen MR) is 105 cm³/mol. The molecular formula is C22H42O2. The number of hydrogen-bond acceptors (Lipinski definition) is 2. The van der Waals surface area contributed by atoms with Crippen molar-refractivity contribution in [2.24, 2.45) is 5.92 Å². The Morgan fingerprint density at radius 3 is 1.83 bits per heavy atom. The van der Waals surface area contributed by atoms with Gasteiger partial charge in [-0.15, -0.1) is 0 Å². The van der Waals surface area contributed by atoms with Gasteiger partial charge in [-0.25, -0.2) is 4.79 Å². The number of carbonyl (C=O) groups is 1. The molecular weight excluding hydrogens is 296 g/mol. The van der Waals surface area contributed by atoms with Gasteiger partial charge in [0.15, 0.2) is 0 Å². The molecule has 0 aliphatic carbocycles. The van der Waals surface area contributed by atoms with E-state index < -0.39 is 0 Å². The molecule has 1 atom stereocenters. The lowest BCUT2D eigenvalue weighted by Crippen LogP contribution is -2.06. The van der Waals surface area contributed by atoms with E-state index in [1.54, 1.807) is 6.92 Å². The van der Waals surface area contributed by atoms with Crippen molar-refractivity contribution >= 4 is 5.97 Å². The first-order chi connectivity index (χ1) is 11.6. The standard InChI is InChI=1S/C22H42O2/c1-5-7-8-9-11-14-17-21(6-2)18-15-12-10-13-16-19-24-22(23)20(3)4/h21H,3,5-19H2,1-2,4H3. The summed E-state index contributed by atoms with van der Waals surface area (Å²) in [4.78, 5) is 11.2. The van der Waals surface area contributed by atoms with Gasteiger partial charge in [0.05, 0.1) is 6.61 Å². The molecule has 1 unspecified atom stereocenters. The van der Waals surface area contributed by atoms with Crippen molar-refractivity contribution in [3.8, 4) is 0 Å². The van der Waals surface area contributed by atoms with Crippen LogP contribution in [0.4, 0.5) is 0 Å². The molecule has 0 N–H and O–H groups in total. The summed E-state index contributed by atoms with van der Waals surface area (Å²) in [7, 11) is 0. The summed E-state index contributed by atoms with van der Waals surface area (Å²) in [6, 6.07) is 0. The molecule has 2 nitrogen and oxygen atoms in total. The summed E-state index contributed by atoms with van der Waals surface area (Å²) in [5, 5.41) is 0. The van der Waals surface area contributed by atoms with Crippen molar-refractivity contribution in [1.29, 1.82) is 0 Å². The van der Waals surface area contributed by atoms with Crippen LogP contribution < -0.4 is 0 Å². The molecule has 142 valence electrons. The highest BCUT2D eigenvalue weighted by Gasteiger charge is 2.06. The average molecular weight is 339 g/mol. The van der Waals surface area contributed by atoms with Gasteiger partial charge in [0.25, 0.3) is 0 Å². The highest BCUT2D eigenvalue weighted by Crippen LogP contribution is 2.21. The summed E-state index contributed by atoms with van der Waals surface area (Å²) in [5.74, 6) is 0.683. The van der Waals surface area contributed by atoms with Crippen LogP contribution >= 0.6 is 0 Å². The van der Waals surface area contributed by atoms with E-state index in [2.05, 4.69) is 20.4 Å². The first kappa shape index (κ1) is 23.2. The summed E-state index contributed by atoms with van der Waals surface area (Å²) >= 11 is 0.